The molecule has 2 rings (SSSR count). The first-order valence-corrected chi connectivity index (χ1v) is 7.11. The van der Waals surface area contributed by atoms with Gasteiger partial charge in [0.05, 0.1) is 0 Å². The summed E-state index contributed by atoms with van der Waals surface area (Å²) in [6.45, 7) is 6.68. The molecule has 2 atom stereocenters. The molecule has 0 heterocycles. The Morgan fingerprint density at radius 1 is 1.21 bits per heavy atom. The summed E-state index contributed by atoms with van der Waals surface area (Å²) in [5.74, 6) is 0.582. The minimum atomic E-state index is 0.133. The maximum Gasteiger partial charge on any atom is 0.192 e. The first kappa shape index (κ1) is 13.8. The van der Waals surface area contributed by atoms with Crippen LogP contribution in [0, 0.1) is 11.3 Å². The molecule has 1 aromatic rings. The van der Waals surface area contributed by atoms with Gasteiger partial charge in [-0.3, -0.25) is 4.79 Å². The van der Waals surface area contributed by atoms with E-state index in [1.165, 1.54) is 0 Å². The van der Waals surface area contributed by atoms with Crippen LogP contribution < -0.4 is 0 Å². The Morgan fingerprint density at radius 2 is 1.89 bits per heavy atom. The Morgan fingerprint density at radius 3 is 2.47 bits per heavy atom. The molecule has 100 valence electrons. The first-order chi connectivity index (χ1) is 9.10. The molecule has 1 heteroatoms. The fourth-order valence-electron chi connectivity index (χ4n) is 2.74. The number of carbonyl (C=O) groups excluding carboxylic acids is 1. The highest BCUT2D eigenvalue weighted by atomic mass is 16.1. The van der Waals surface area contributed by atoms with E-state index in [-0.39, 0.29) is 11.2 Å². The highest BCUT2D eigenvalue weighted by Crippen LogP contribution is 2.40. The van der Waals surface area contributed by atoms with Crippen LogP contribution in [0.1, 0.15) is 44.0 Å². The van der Waals surface area contributed by atoms with Crippen LogP contribution in [-0.2, 0) is 0 Å². The summed E-state index contributed by atoms with van der Waals surface area (Å²) >= 11 is 0. The second kappa shape index (κ2) is 5.56. The largest absolute Gasteiger partial charge is 0.289 e. The van der Waals surface area contributed by atoms with Gasteiger partial charge in [0.1, 0.15) is 0 Å². The molecular weight excluding hydrogens is 232 g/mol. The molecule has 19 heavy (non-hydrogen) atoms. The summed E-state index contributed by atoms with van der Waals surface area (Å²) in [4.78, 5) is 12.4. The zero-order valence-corrected chi connectivity index (χ0v) is 12.0. The standard InChI is InChI=1S/C18H22O/c1-4-16-13-15(11-12-18(16,3)5-2)17(19)14-9-7-6-8-10-14/h6-13,16H,4-5H2,1-3H3. The molecule has 0 bridgehead atoms. The first-order valence-electron chi connectivity index (χ1n) is 7.11. The Kier molecular flexibility index (Phi) is 4.04. The van der Waals surface area contributed by atoms with Crippen molar-refractivity contribution in [1.82, 2.24) is 0 Å². The molecule has 0 radical (unpaired) electrons. The van der Waals surface area contributed by atoms with Crippen LogP contribution in [0.15, 0.2) is 54.1 Å². The lowest BCUT2D eigenvalue weighted by Gasteiger charge is -2.35. The second-order valence-electron chi connectivity index (χ2n) is 5.52. The van der Waals surface area contributed by atoms with E-state index in [2.05, 4.69) is 32.9 Å². The van der Waals surface area contributed by atoms with Crippen LogP contribution in [0.2, 0.25) is 0 Å². The highest BCUT2D eigenvalue weighted by Gasteiger charge is 2.31. The minimum Gasteiger partial charge on any atom is -0.289 e. The van der Waals surface area contributed by atoms with Crippen molar-refractivity contribution in [2.45, 2.75) is 33.6 Å². The lowest BCUT2D eigenvalue weighted by molar-refractivity contribution is 0.103. The van der Waals surface area contributed by atoms with Crippen molar-refractivity contribution in [1.29, 1.82) is 0 Å². The number of hydrogen-bond acceptors (Lipinski definition) is 1. The van der Waals surface area contributed by atoms with Crippen LogP contribution >= 0.6 is 0 Å². The average molecular weight is 254 g/mol. The van der Waals surface area contributed by atoms with Crippen LogP contribution in [0.3, 0.4) is 0 Å². The van der Waals surface area contributed by atoms with Crippen molar-refractivity contribution in [2.24, 2.45) is 11.3 Å². The molecule has 1 aliphatic carbocycles. The van der Waals surface area contributed by atoms with E-state index >= 15 is 0 Å². The van der Waals surface area contributed by atoms with Gasteiger partial charge in [-0.1, -0.05) is 69.3 Å². The quantitative estimate of drug-likeness (QED) is 0.705. The summed E-state index contributed by atoms with van der Waals surface area (Å²) in [7, 11) is 0. The average Bonchev–Trinajstić information content (AvgIpc) is 2.48. The molecule has 0 aromatic heterocycles. The second-order valence-corrected chi connectivity index (χ2v) is 5.52. The Labute approximate surface area is 116 Å². The summed E-state index contributed by atoms with van der Waals surface area (Å²) in [6.07, 6.45) is 8.56. The van der Waals surface area contributed by atoms with Crippen molar-refractivity contribution in [3.63, 3.8) is 0 Å². The van der Waals surface area contributed by atoms with Gasteiger partial charge in [-0.05, 0) is 24.2 Å². The maximum absolute atomic E-state index is 12.4. The van der Waals surface area contributed by atoms with Gasteiger partial charge < -0.3 is 0 Å². The smallest absolute Gasteiger partial charge is 0.192 e. The number of allylic oxidation sites excluding steroid dienone is 4. The van der Waals surface area contributed by atoms with Gasteiger partial charge >= 0.3 is 0 Å². The number of benzene rings is 1. The molecule has 0 spiro atoms. The zero-order valence-electron chi connectivity index (χ0n) is 12.0. The predicted octanol–water partition coefficient (Wildman–Crippen LogP) is 4.81. The lowest BCUT2D eigenvalue weighted by atomic mass is 9.69. The summed E-state index contributed by atoms with van der Waals surface area (Å²) in [6, 6.07) is 9.52. The maximum atomic E-state index is 12.4. The summed E-state index contributed by atoms with van der Waals surface area (Å²) in [5, 5.41) is 0. The van der Waals surface area contributed by atoms with E-state index in [1.807, 2.05) is 36.4 Å². The van der Waals surface area contributed by atoms with E-state index in [4.69, 9.17) is 0 Å². The zero-order chi connectivity index (χ0) is 13.9. The van der Waals surface area contributed by atoms with E-state index in [0.717, 1.165) is 24.0 Å². The molecule has 0 saturated carbocycles. The van der Waals surface area contributed by atoms with Gasteiger partial charge in [0.25, 0.3) is 0 Å². The van der Waals surface area contributed by atoms with E-state index < -0.39 is 0 Å². The van der Waals surface area contributed by atoms with Crippen LogP contribution in [-0.4, -0.2) is 5.78 Å². The Bertz CT molecular complexity index is 510. The van der Waals surface area contributed by atoms with Gasteiger partial charge in [0.2, 0.25) is 0 Å². The molecule has 0 N–H and O–H groups in total. The summed E-state index contributed by atoms with van der Waals surface area (Å²) < 4.78 is 0. The third-order valence-electron chi connectivity index (χ3n) is 4.37. The van der Waals surface area contributed by atoms with Gasteiger partial charge in [0.15, 0.2) is 5.78 Å². The Hall–Kier alpha value is -1.63. The van der Waals surface area contributed by atoms with Gasteiger partial charge in [-0.25, -0.2) is 0 Å². The van der Waals surface area contributed by atoms with Crippen molar-refractivity contribution < 1.29 is 4.79 Å². The minimum absolute atomic E-state index is 0.133. The number of ketones is 1. The molecule has 1 nitrogen and oxygen atoms in total. The number of hydrogen-bond donors (Lipinski definition) is 0. The lowest BCUT2D eigenvalue weighted by Crippen LogP contribution is -2.26. The van der Waals surface area contributed by atoms with Crippen LogP contribution in [0.4, 0.5) is 0 Å². The van der Waals surface area contributed by atoms with E-state index in [0.29, 0.717) is 5.92 Å². The van der Waals surface area contributed by atoms with Crippen molar-refractivity contribution in [2.75, 3.05) is 0 Å². The van der Waals surface area contributed by atoms with E-state index in [9.17, 15) is 4.79 Å². The molecule has 2 unspecified atom stereocenters. The molecule has 0 aliphatic heterocycles. The number of rotatable bonds is 4. The topological polar surface area (TPSA) is 17.1 Å². The fourth-order valence-corrected chi connectivity index (χ4v) is 2.74. The molecule has 0 saturated heterocycles. The molecule has 0 amide bonds. The SMILES string of the molecule is CCC1C=C(C(=O)c2ccccc2)C=CC1(C)CC. The van der Waals surface area contributed by atoms with Gasteiger partial charge in [-0.2, -0.15) is 0 Å². The highest BCUT2D eigenvalue weighted by molar-refractivity contribution is 6.10. The van der Waals surface area contributed by atoms with Crippen molar-refractivity contribution in [3.05, 3.63) is 59.7 Å². The normalized spacial score (nSPS) is 26.1. The van der Waals surface area contributed by atoms with Crippen LogP contribution in [0.5, 0.6) is 0 Å². The monoisotopic (exact) mass is 254 g/mol. The molecule has 0 fully saturated rings. The van der Waals surface area contributed by atoms with Crippen molar-refractivity contribution >= 4 is 5.78 Å². The predicted molar refractivity (Wildman–Crippen MR) is 80.2 cm³/mol. The number of Topliss-reactive ketones (excluding diaryl/α,β-unsaturated/α-hetero) is 1. The molecule has 1 aliphatic rings. The summed E-state index contributed by atoms with van der Waals surface area (Å²) in [5.41, 5.74) is 1.80. The Balaban J connectivity index is 2.28. The van der Waals surface area contributed by atoms with Gasteiger partial charge in [-0.15, -0.1) is 0 Å². The third kappa shape index (κ3) is 2.70. The molecule has 1 aromatic carbocycles. The van der Waals surface area contributed by atoms with Gasteiger partial charge in [0, 0.05) is 11.1 Å². The van der Waals surface area contributed by atoms with E-state index in [1.54, 1.807) is 0 Å². The molecular formula is C18H22O. The van der Waals surface area contributed by atoms with Crippen LogP contribution in [0.25, 0.3) is 0 Å². The number of carbonyl (C=O) groups is 1. The fraction of sp³-hybridized carbons (Fsp3) is 0.389. The third-order valence-corrected chi connectivity index (χ3v) is 4.37. The van der Waals surface area contributed by atoms with Crippen molar-refractivity contribution in [3.8, 4) is 0 Å².